The van der Waals surface area contributed by atoms with Crippen molar-refractivity contribution in [2.75, 3.05) is 39.9 Å². The Labute approximate surface area is 147 Å². The zero-order valence-corrected chi connectivity index (χ0v) is 15.3. The zero-order chi connectivity index (χ0) is 18.5. The van der Waals surface area contributed by atoms with Crippen LogP contribution in [-0.4, -0.2) is 76.2 Å². The number of nitrogens with one attached hydrogen (secondary N) is 2. The van der Waals surface area contributed by atoms with E-state index in [1.54, 1.807) is 0 Å². The first-order valence-electron chi connectivity index (χ1n) is 6.48. The largest absolute Gasteiger partial charge is 0.467 e. The fraction of sp³-hybridized carbons (Fsp3) is 0.667. The molecule has 138 valence electrons. The van der Waals surface area contributed by atoms with Crippen LogP contribution in [0.4, 0.5) is 9.59 Å². The Morgan fingerprint density at radius 1 is 0.708 bits per heavy atom. The van der Waals surface area contributed by atoms with Crippen molar-refractivity contribution in [1.29, 1.82) is 0 Å². The molecule has 0 aromatic rings. The molecule has 2 atom stereocenters. The second kappa shape index (κ2) is 12.6. The highest BCUT2D eigenvalue weighted by Crippen LogP contribution is 2.23. The van der Waals surface area contributed by atoms with E-state index in [1.165, 1.54) is 50.0 Å². The van der Waals surface area contributed by atoms with Crippen LogP contribution >= 0.6 is 21.6 Å². The van der Waals surface area contributed by atoms with Crippen molar-refractivity contribution < 1.29 is 38.1 Å². The van der Waals surface area contributed by atoms with Crippen LogP contribution in [0, 0.1) is 0 Å². The summed E-state index contributed by atoms with van der Waals surface area (Å²) >= 11 is 0. The summed E-state index contributed by atoms with van der Waals surface area (Å²) in [6.45, 7) is 0. The smallest absolute Gasteiger partial charge is 0.407 e. The van der Waals surface area contributed by atoms with Crippen LogP contribution in [0.25, 0.3) is 0 Å². The number of amides is 2. The van der Waals surface area contributed by atoms with E-state index in [0.717, 1.165) is 0 Å². The fourth-order valence-corrected chi connectivity index (χ4v) is 3.55. The third-order valence-corrected chi connectivity index (χ3v) is 4.90. The highest BCUT2D eigenvalue weighted by molar-refractivity contribution is 8.76. The summed E-state index contributed by atoms with van der Waals surface area (Å²) in [4.78, 5) is 45.5. The van der Waals surface area contributed by atoms with E-state index < -0.39 is 36.2 Å². The molecule has 0 aliphatic heterocycles. The van der Waals surface area contributed by atoms with E-state index >= 15 is 0 Å². The predicted octanol–water partition coefficient (Wildman–Crippen LogP) is 0.163. The molecule has 0 aromatic heterocycles. The molecule has 12 heteroatoms. The van der Waals surface area contributed by atoms with E-state index in [4.69, 9.17) is 0 Å². The van der Waals surface area contributed by atoms with E-state index in [1.807, 2.05) is 0 Å². The minimum absolute atomic E-state index is 0.165. The Morgan fingerprint density at radius 2 is 1.04 bits per heavy atom. The van der Waals surface area contributed by atoms with Gasteiger partial charge in [-0.15, -0.1) is 0 Å². The number of esters is 2. The summed E-state index contributed by atoms with van der Waals surface area (Å²) in [7, 11) is 7.12. The van der Waals surface area contributed by atoms with Crippen LogP contribution in [0.2, 0.25) is 0 Å². The average molecular weight is 384 g/mol. The summed E-state index contributed by atoms with van der Waals surface area (Å²) in [5, 5.41) is 4.66. The molecule has 0 bridgehead atoms. The number of hydrogen-bond donors (Lipinski definition) is 2. The molecule has 0 rings (SSSR count). The van der Waals surface area contributed by atoms with Crippen LogP contribution in [0.3, 0.4) is 0 Å². The van der Waals surface area contributed by atoms with Gasteiger partial charge in [-0.25, -0.2) is 19.2 Å². The molecule has 0 saturated heterocycles. The summed E-state index contributed by atoms with van der Waals surface area (Å²) in [6.07, 6.45) is -1.54. The Kier molecular flexibility index (Phi) is 11.6. The van der Waals surface area contributed by atoms with E-state index in [9.17, 15) is 19.2 Å². The summed E-state index contributed by atoms with van der Waals surface area (Å²) in [6, 6.07) is -1.82. The van der Waals surface area contributed by atoms with Gasteiger partial charge in [-0.3, -0.25) is 0 Å². The van der Waals surface area contributed by atoms with Crippen molar-refractivity contribution in [2.45, 2.75) is 12.1 Å². The third-order valence-electron chi connectivity index (χ3n) is 2.48. The van der Waals surface area contributed by atoms with Crippen LogP contribution in [0.1, 0.15) is 0 Å². The zero-order valence-electron chi connectivity index (χ0n) is 13.7. The number of rotatable bonds is 9. The standard InChI is InChI=1S/C12H20N2O8S2/c1-19-9(15)7(13-11(17)21-3)5-23-24-6-8(10(16)20-2)14-12(18)22-4/h7-8H,5-6H2,1-4H3,(H,13,17)(H,14,18)/t7-,8-/m0/s1. The lowest BCUT2D eigenvalue weighted by atomic mass is 10.3. The normalized spacial score (nSPS) is 12.3. The van der Waals surface area contributed by atoms with E-state index in [2.05, 4.69) is 29.6 Å². The second-order valence-electron chi connectivity index (χ2n) is 3.99. The molecular formula is C12H20N2O8S2. The topological polar surface area (TPSA) is 129 Å². The molecule has 24 heavy (non-hydrogen) atoms. The summed E-state index contributed by atoms with van der Waals surface area (Å²) < 4.78 is 18.0. The van der Waals surface area contributed by atoms with Crippen LogP contribution in [0.15, 0.2) is 0 Å². The Bertz CT molecular complexity index is 409. The maximum absolute atomic E-state index is 11.6. The second-order valence-corrected chi connectivity index (χ2v) is 6.54. The van der Waals surface area contributed by atoms with Gasteiger partial charge in [0.15, 0.2) is 0 Å². The van der Waals surface area contributed by atoms with Gasteiger partial charge >= 0.3 is 24.1 Å². The molecule has 0 spiro atoms. The van der Waals surface area contributed by atoms with Gasteiger partial charge in [0.25, 0.3) is 0 Å². The van der Waals surface area contributed by atoms with Gasteiger partial charge in [0.1, 0.15) is 12.1 Å². The van der Waals surface area contributed by atoms with E-state index in [0.29, 0.717) is 0 Å². The molecule has 0 radical (unpaired) electrons. The van der Waals surface area contributed by atoms with E-state index in [-0.39, 0.29) is 11.5 Å². The van der Waals surface area contributed by atoms with Crippen molar-refractivity contribution in [2.24, 2.45) is 0 Å². The molecule has 0 aliphatic rings. The molecule has 0 aliphatic carbocycles. The first-order valence-corrected chi connectivity index (χ1v) is 8.97. The number of carbonyl (C=O) groups excluding carboxylic acids is 4. The Morgan fingerprint density at radius 3 is 1.29 bits per heavy atom. The molecule has 0 saturated carbocycles. The van der Waals surface area contributed by atoms with Gasteiger partial charge in [-0.2, -0.15) is 0 Å². The average Bonchev–Trinajstić information content (AvgIpc) is 2.60. The minimum Gasteiger partial charge on any atom is -0.467 e. The summed E-state index contributed by atoms with van der Waals surface area (Å²) in [5.74, 6) is -0.937. The Hall–Kier alpha value is -1.82. The van der Waals surface area contributed by atoms with Crippen molar-refractivity contribution in [3.05, 3.63) is 0 Å². The van der Waals surface area contributed by atoms with Crippen molar-refractivity contribution in [3.63, 3.8) is 0 Å². The highest BCUT2D eigenvalue weighted by atomic mass is 33.1. The lowest BCUT2D eigenvalue weighted by molar-refractivity contribution is -0.143. The maximum atomic E-state index is 11.6. The molecule has 0 fully saturated rings. The number of methoxy groups -OCH3 is 4. The van der Waals surface area contributed by atoms with Gasteiger partial charge in [0, 0.05) is 11.5 Å². The predicted molar refractivity (Wildman–Crippen MR) is 87.6 cm³/mol. The fourth-order valence-electron chi connectivity index (χ4n) is 1.26. The van der Waals surface area contributed by atoms with Gasteiger partial charge in [0.05, 0.1) is 28.4 Å². The highest BCUT2D eigenvalue weighted by Gasteiger charge is 2.24. The van der Waals surface area contributed by atoms with Gasteiger partial charge in [0.2, 0.25) is 0 Å². The summed E-state index contributed by atoms with van der Waals surface area (Å²) in [5.41, 5.74) is 0. The first-order chi connectivity index (χ1) is 11.4. The van der Waals surface area contributed by atoms with Crippen LogP contribution in [0.5, 0.6) is 0 Å². The molecule has 0 heterocycles. The maximum Gasteiger partial charge on any atom is 0.407 e. The molecule has 2 N–H and O–H groups in total. The minimum atomic E-state index is -0.912. The number of alkyl carbamates (subject to hydrolysis) is 2. The monoisotopic (exact) mass is 384 g/mol. The number of hydrogen-bond acceptors (Lipinski definition) is 10. The number of carbonyl (C=O) groups is 4. The van der Waals surface area contributed by atoms with Gasteiger partial charge in [-0.1, -0.05) is 21.6 Å². The SMILES string of the molecule is COC(=O)N[C@@H](CSSC[C@H](NC(=O)OC)C(=O)OC)C(=O)OC. The quantitative estimate of drug-likeness (QED) is 0.245. The van der Waals surface area contributed by atoms with Crippen molar-refractivity contribution in [1.82, 2.24) is 10.6 Å². The van der Waals surface area contributed by atoms with Gasteiger partial charge < -0.3 is 29.6 Å². The Balaban J connectivity index is 4.45. The van der Waals surface area contributed by atoms with Crippen LogP contribution < -0.4 is 10.6 Å². The molecule has 10 nitrogen and oxygen atoms in total. The lowest BCUT2D eigenvalue weighted by Gasteiger charge is -2.17. The van der Waals surface area contributed by atoms with Crippen molar-refractivity contribution >= 4 is 45.7 Å². The van der Waals surface area contributed by atoms with Crippen LogP contribution in [-0.2, 0) is 28.5 Å². The molecule has 0 aromatic carbocycles. The van der Waals surface area contributed by atoms with Gasteiger partial charge in [-0.05, 0) is 0 Å². The third kappa shape index (κ3) is 8.72. The molecule has 0 unspecified atom stereocenters. The molecular weight excluding hydrogens is 364 g/mol. The molecule has 2 amide bonds. The lowest BCUT2D eigenvalue weighted by Crippen LogP contribution is -2.44. The first kappa shape index (κ1) is 22.2. The number of ether oxygens (including phenoxy) is 4. The van der Waals surface area contributed by atoms with Crippen molar-refractivity contribution in [3.8, 4) is 0 Å².